The summed E-state index contributed by atoms with van der Waals surface area (Å²) in [5, 5.41) is 15.4. The number of carboxylic acids is 1. The molecule has 0 aliphatic carbocycles. The largest absolute Gasteiger partial charge is 0.480 e. The summed E-state index contributed by atoms with van der Waals surface area (Å²) in [5.41, 5.74) is 4.16. The highest BCUT2D eigenvalue weighted by Gasteiger charge is 2.28. The second-order valence-corrected chi connectivity index (χ2v) is 11.2. The van der Waals surface area contributed by atoms with Crippen molar-refractivity contribution in [2.45, 2.75) is 57.5 Å². The Hall–Kier alpha value is -3.77. The predicted molar refractivity (Wildman–Crippen MR) is 142 cm³/mol. The Balaban J connectivity index is 1.35. The zero-order valence-electron chi connectivity index (χ0n) is 21.6. The number of rotatable bonds is 10. The molecule has 0 saturated carbocycles. The molecule has 0 radical (unpaired) electrons. The second kappa shape index (κ2) is 11.3. The van der Waals surface area contributed by atoms with Crippen molar-refractivity contribution in [2.75, 3.05) is 18.4 Å². The molecule has 4 N–H and O–H groups in total. The summed E-state index contributed by atoms with van der Waals surface area (Å²) >= 11 is 0. The summed E-state index contributed by atoms with van der Waals surface area (Å²) in [7, 11) is -4.14. The molecule has 202 valence electrons. The Morgan fingerprint density at radius 1 is 1.18 bits per heavy atom. The number of sulfonamides is 1. The van der Waals surface area contributed by atoms with Crippen molar-refractivity contribution in [3.63, 3.8) is 0 Å². The fourth-order valence-electron chi connectivity index (χ4n) is 4.65. The average molecular weight is 541 g/mol. The lowest BCUT2D eigenvalue weighted by Gasteiger charge is -2.18. The van der Waals surface area contributed by atoms with Gasteiger partial charge in [-0.3, -0.25) is 9.59 Å². The van der Waals surface area contributed by atoms with Crippen molar-refractivity contribution >= 4 is 27.7 Å². The molecule has 0 unspecified atom stereocenters. The Kier molecular flexibility index (Phi) is 8.12. The van der Waals surface area contributed by atoms with E-state index < -0.39 is 34.5 Å². The summed E-state index contributed by atoms with van der Waals surface area (Å²) in [6.07, 6.45) is 5.84. The maximum atomic E-state index is 13.0. The molecule has 1 aromatic carbocycles. The lowest BCUT2D eigenvalue weighted by molar-refractivity contribution is -0.138. The SMILES string of the molecule is Cc1cc(C)c(S(=O)(=O)N[C@@H](CNC(=O)c2cn(CCc3ccc4c(n3)NCCC4)cn2)C(=O)O)c(C)c1. The van der Waals surface area contributed by atoms with Crippen LogP contribution in [0, 0.1) is 20.8 Å². The van der Waals surface area contributed by atoms with E-state index in [-0.39, 0.29) is 10.6 Å². The first-order chi connectivity index (χ1) is 18.0. The number of hydrogen-bond acceptors (Lipinski definition) is 7. The van der Waals surface area contributed by atoms with E-state index in [1.165, 1.54) is 11.9 Å². The number of pyridine rings is 1. The minimum atomic E-state index is -4.14. The number of carbonyl (C=O) groups is 2. The first-order valence-corrected chi connectivity index (χ1v) is 13.9. The van der Waals surface area contributed by atoms with E-state index in [0.29, 0.717) is 24.1 Å². The molecule has 38 heavy (non-hydrogen) atoms. The molecule has 0 saturated heterocycles. The van der Waals surface area contributed by atoms with Gasteiger partial charge in [0.2, 0.25) is 10.0 Å². The molecule has 1 aliphatic heterocycles. The first-order valence-electron chi connectivity index (χ1n) is 12.4. The van der Waals surface area contributed by atoms with Crippen molar-refractivity contribution in [3.05, 3.63) is 70.4 Å². The van der Waals surface area contributed by atoms with Gasteiger partial charge in [0, 0.05) is 37.9 Å². The third kappa shape index (κ3) is 6.37. The summed E-state index contributed by atoms with van der Waals surface area (Å²) in [5.74, 6) is -1.09. The quantitative estimate of drug-likeness (QED) is 0.304. The molecular weight excluding hydrogens is 508 g/mol. The monoisotopic (exact) mass is 540 g/mol. The van der Waals surface area contributed by atoms with Crippen LogP contribution in [-0.2, 0) is 34.2 Å². The van der Waals surface area contributed by atoms with E-state index in [0.717, 1.165) is 36.5 Å². The number of aliphatic carboxylic acids is 1. The van der Waals surface area contributed by atoms with Crippen LogP contribution in [-0.4, -0.2) is 59.1 Å². The van der Waals surface area contributed by atoms with Gasteiger partial charge in [0.05, 0.1) is 11.2 Å². The van der Waals surface area contributed by atoms with Crippen LogP contribution in [0.1, 0.15) is 44.9 Å². The van der Waals surface area contributed by atoms with Crippen LogP contribution < -0.4 is 15.4 Å². The number of nitrogens with one attached hydrogen (secondary N) is 3. The number of nitrogens with zero attached hydrogens (tertiary/aromatic N) is 3. The number of carboxylic acid groups (broad SMARTS) is 1. The highest BCUT2D eigenvalue weighted by Crippen LogP contribution is 2.22. The number of anilines is 1. The van der Waals surface area contributed by atoms with Crippen LogP contribution in [0.3, 0.4) is 0 Å². The standard InChI is InChI=1S/C26H32N6O5S/c1-16-11-17(2)23(18(3)12-16)38(36,37)31-21(26(34)35)13-28-25(33)22-14-32(15-29-22)10-8-20-7-6-19-5-4-9-27-24(19)30-20/h6-7,11-12,14-15,21,31H,4-5,8-10,13H2,1-3H3,(H,27,30)(H,28,33)(H,34,35)/t21-/m0/s1. The third-order valence-electron chi connectivity index (χ3n) is 6.38. The summed E-state index contributed by atoms with van der Waals surface area (Å²) < 4.78 is 29.9. The molecule has 2 aromatic heterocycles. The van der Waals surface area contributed by atoms with E-state index >= 15 is 0 Å². The van der Waals surface area contributed by atoms with E-state index in [1.807, 2.05) is 13.0 Å². The van der Waals surface area contributed by atoms with Crippen LogP contribution in [0.25, 0.3) is 0 Å². The van der Waals surface area contributed by atoms with Crippen molar-refractivity contribution in [1.82, 2.24) is 24.6 Å². The Morgan fingerprint density at radius 2 is 1.92 bits per heavy atom. The second-order valence-electron chi connectivity index (χ2n) is 9.54. The van der Waals surface area contributed by atoms with E-state index in [1.54, 1.807) is 36.7 Å². The number of carbonyl (C=O) groups excluding carboxylic acids is 1. The van der Waals surface area contributed by atoms with Crippen molar-refractivity contribution in [3.8, 4) is 0 Å². The number of hydrogen-bond donors (Lipinski definition) is 4. The minimum Gasteiger partial charge on any atom is -0.480 e. The third-order valence-corrected chi connectivity index (χ3v) is 8.16. The van der Waals surface area contributed by atoms with E-state index in [2.05, 4.69) is 31.4 Å². The fraction of sp³-hybridized carbons (Fsp3) is 0.385. The summed E-state index contributed by atoms with van der Waals surface area (Å²) in [4.78, 5) is 33.2. The van der Waals surface area contributed by atoms with Gasteiger partial charge in [0.1, 0.15) is 17.6 Å². The number of aromatic nitrogens is 3. The van der Waals surface area contributed by atoms with Gasteiger partial charge < -0.3 is 20.3 Å². The van der Waals surface area contributed by atoms with Crippen LogP contribution in [0.15, 0.2) is 41.7 Å². The Labute approximate surface area is 221 Å². The average Bonchev–Trinajstić information content (AvgIpc) is 3.33. The number of benzene rings is 1. The van der Waals surface area contributed by atoms with E-state index in [4.69, 9.17) is 0 Å². The highest BCUT2D eigenvalue weighted by atomic mass is 32.2. The zero-order chi connectivity index (χ0) is 27.4. The Morgan fingerprint density at radius 3 is 2.63 bits per heavy atom. The minimum absolute atomic E-state index is 0.0311. The molecule has 0 bridgehead atoms. The van der Waals surface area contributed by atoms with Crippen LogP contribution in [0.4, 0.5) is 5.82 Å². The molecule has 11 nitrogen and oxygen atoms in total. The normalized spacial score (nSPS) is 13.9. The van der Waals surface area contributed by atoms with Crippen LogP contribution in [0.2, 0.25) is 0 Å². The number of amides is 1. The van der Waals surface area contributed by atoms with Gasteiger partial charge in [-0.15, -0.1) is 0 Å². The Bertz CT molecular complexity index is 1440. The number of fused-ring (bicyclic) bond motifs is 1. The molecule has 3 heterocycles. The summed E-state index contributed by atoms with van der Waals surface area (Å²) in [6, 6.07) is 5.96. The molecule has 12 heteroatoms. The van der Waals surface area contributed by atoms with Crippen molar-refractivity contribution < 1.29 is 23.1 Å². The molecule has 1 amide bonds. The summed E-state index contributed by atoms with van der Waals surface area (Å²) in [6.45, 7) is 6.18. The fourth-order valence-corrected chi connectivity index (χ4v) is 6.30. The molecule has 0 fully saturated rings. The maximum Gasteiger partial charge on any atom is 0.323 e. The topological polar surface area (TPSA) is 155 Å². The van der Waals surface area contributed by atoms with E-state index in [9.17, 15) is 23.1 Å². The van der Waals surface area contributed by atoms with Gasteiger partial charge in [-0.25, -0.2) is 18.4 Å². The molecule has 1 aliphatic rings. The van der Waals surface area contributed by atoms with Gasteiger partial charge in [-0.2, -0.15) is 4.72 Å². The molecular formula is C26H32N6O5S. The van der Waals surface area contributed by atoms with Gasteiger partial charge in [-0.05, 0) is 56.4 Å². The first kappa shape index (κ1) is 27.3. The van der Waals surface area contributed by atoms with Gasteiger partial charge in [-0.1, -0.05) is 23.8 Å². The van der Waals surface area contributed by atoms with Gasteiger partial charge in [0.25, 0.3) is 5.91 Å². The number of aryl methyl sites for hydroxylation is 6. The maximum absolute atomic E-state index is 13.0. The molecule has 3 aromatic rings. The van der Waals surface area contributed by atoms with Crippen LogP contribution in [0.5, 0.6) is 0 Å². The van der Waals surface area contributed by atoms with Gasteiger partial charge >= 0.3 is 5.97 Å². The van der Waals surface area contributed by atoms with Crippen LogP contribution >= 0.6 is 0 Å². The zero-order valence-corrected chi connectivity index (χ0v) is 22.4. The molecule has 4 rings (SSSR count). The molecule has 1 atom stereocenters. The number of imidazole rings is 1. The predicted octanol–water partition coefficient (Wildman–Crippen LogP) is 1.97. The smallest absolute Gasteiger partial charge is 0.323 e. The van der Waals surface area contributed by atoms with Gasteiger partial charge in [0.15, 0.2) is 0 Å². The molecule has 0 spiro atoms. The lowest BCUT2D eigenvalue weighted by Crippen LogP contribution is -2.48. The van der Waals surface area contributed by atoms with Crippen molar-refractivity contribution in [1.29, 1.82) is 0 Å². The van der Waals surface area contributed by atoms with Crippen molar-refractivity contribution in [2.24, 2.45) is 0 Å². The highest BCUT2D eigenvalue weighted by molar-refractivity contribution is 7.89. The lowest BCUT2D eigenvalue weighted by atomic mass is 10.1.